The Kier molecular flexibility index (Phi) is 5.79. The fourth-order valence-electron chi connectivity index (χ4n) is 3.57. The average Bonchev–Trinajstić information content (AvgIpc) is 2.47. The van der Waals surface area contributed by atoms with E-state index in [0.29, 0.717) is 5.92 Å². The monoisotopic (exact) mass is 342 g/mol. The maximum atomic E-state index is 11.8. The first-order valence-electron chi connectivity index (χ1n) is 7.86. The predicted molar refractivity (Wildman–Crippen MR) is 91.3 cm³/mol. The lowest BCUT2D eigenvalue weighted by Gasteiger charge is -2.44. The molecule has 1 aromatic carbocycles. The molecule has 0 spiro atoms. The lowest BCUT2D eigenvalue weighted by Crippen LogP contribution is -2.44. The summed E-state index contributed by atoms with van der Waals surface area (Å²) in [6.07, 6.45) is 2.93. The first-order chi connectivity index (χ1) is 10.3. The van der Waals surface area contributed by atoms with Crippen molar-refractivity contribution in [1.82, 2.24) is 0 Å². The summed E-state index contributed by atoms with van der Waals surface area (Å²) >= 11 is 11.3. The van der Waals surface area contributed by atoms with E-state index in [1.165, 1.54) is 5.56 Å². The number of alkyl halides is 2. The quantitative estimate of drug-likeness (QED) is 0.560. The topological polar surface area (TPSA) is 26.3 Å². The summed E-state index contributed by atoms with van der Waals surface area (Å²) in [7, 11) is 0. The third kappa shape index (κ3) is 3.97. The van der Waals surface area contributed by atoms with Crippen molar-refractivity contribution in [2.24, 2.45) is 11.8 Å². The van der Waals surface area contributed by atoms with Gasteiger partial charge >= 0.3 is 5.97 Å². The zero-order chi connectivity index (χ0) is 16.3. The molecule has 1 aliphatic carbocycles. The Balaban J connectivity index is 2.23. The molecule has 122 valence electrons. The van der Waals surface area contributed by atoms with Gasteiger partial charge in [0.05, 0.1) is 0 Å². The summed E-state index contributed by atoms with van der Waals surface area (Å²) < 4.78 is 5.64. The molecule has 22 heavy (non-hydrogen) atoms. The van der Waals surface area contributed by atoms with Crippen LogP contribution in [-0.4, -0.2) is 16.9 Å². The van der Waals surface area contributed by atoms with Gasteiger partial charge in [-0.05, 0) is 29.7 Å². The second kappa shape index (κ2) is 7.23. The van der Waals surface area contributed by atoms with E-state index in [-0.39, 0.29) is 17.4 Å². The molecule has 0 radical (unpaired) electrons. The van der Waals surface area contributed by atoms with Crippen LogP contribution >= 0.6 is 23.2 Å². The number of hydrogen-bond donors (Lipinski definition) is 0. The standard InChI is InChI=1S/C18H24Cl2O2/c1-12-9-10-14(15(11-12)22-17(21)16(19)20)18(2,3)13-7-5-4-6-8-13/h4-8,12,14-16H,9-11H2,1-3H3/t12-,14-,15-/m1/s1. The second-order valence-corrected chi connectivity index (χ2v) is 7.98. The molecule has 1 aliphatic rings. The van der Waals surface area contributed by atoms with Crippen LogP contribution in [0.15, 0.2) is 30.3 Å². The molecule has 0 amide bonds. The van der Waals surface area contributed by atoms with Gasteiger partial charge in [-0.2, -0.15) is 0 Å². The summed E-state index contributed by atoms with van der Waals surface area (Å²) in [5, 5.41) is 0. The van der Waals surface area contributed by atoms with Gasteiger partial charge in [0.2, 0.25) is 4.84 Å². The van der Waals surface area contributed by atoms with Crippen molar-refractivity contribution >= 4 is 29.2 Å². The third-order valence-electron chi connectivity index (χ3n) is 4.94. The van der Waals surface area contributed by atoms with Crippen molar-refractivity contribution in [2.75, 3.05) is 0 Å². The summed E-state index contributed by atoms with van der Waals surface area (Å²) in [6, 6.07) is 10.4. The van der Waals surface area contributed by atoms with Gasteiger partial charge in [0.25, 0.3) is 0 Å². The van der Waals surface area contributed by atoms with Crippen LogP contribution in [0.4, 0.5) is 0 Å². The van der Waals surface area contributed by atoms with Crippen molar-refractivity contribution in [3.63, 3.8) is 0 Å². The Morgan fingerprint density at radius 3 is 2.45 bits per heavy atom. The number of ether oxygens (including phenoxy) is 1. The van der Waals surface area contributed by atoms with E-state index in [0.717, 1.165) is 19.3 Å². The average molecular weight is 343 g/mol. The summed E-state index contributed by atoms with van der Waals surface area (Å²) in [6.45, 7) is 6.65. The molecule has 1 aromatic rings. The molecule has 0 heterocycles. The maximum Gasteiger partial charge on any atom is 0.339 e. The molecule has 4 heteroatoms. The predicted octanol–water partition coefficient (Wildman–Crippen LogP) is 5.12. The van der Waals surface area contributed by atoms with Gasteiger partial charge in [0.1, 0.15) is 6.10 Å². The normalized spacial score (nSPS) is 26.0. The fourth-order valence-corrected chi connectivity index (χ4v) is 3.67. The summed E-state index contributed by atoms with van der Waals surface area (Å²) in [5.41, 5.74) is 1.20. The van der Waals surface area contributed by atoms with Crippen LogP contribution in [0.2, 0.25) is 0 Å². The van der Waals surface area contributed by atoms with Gasteiger partial charge in [0.15, 0.2) is 0 Å². The third-order valence-corrected chi connectivity index (χ3v) is 5.30. The lowest BCUT2D eigenvalue weighted by molar-refractivity contribution is -0.154. The van der Waals surface area contributed by atoms with E-state index in [1.54, 1.807) is 0 Å². The van der Waals surface area contributed by atoms with Gasteiger partial charge in [-0.25, -0.2) is 4.79 Å². The minimum atomic E-state index is -1.11. The minimum Gasteiger partial charge on any atom is -0.460 e. The highest BCUT2D eigenvalue weighted by Crippen LogP contribution is 2.43. The molecule has 0 N–H and O–H groups in total. The molecule has 1 saturated carbocycles. The van der Waals surface area contributed by atoms with E-state index in [9.17, 15) is 4.79 Å². The molecule has 0 bridgehead atoms. The van der Waals surface area contributed by atoms with Crippen LogP contribution < -0.4 is 0 Å². The van der Waals surface area contributed by atoms with Crippen LogP contribution in [0.1, 0.15) is 45.6 Å². The maximum absolute atomic E-state index is 11.8. The Hall–Kier alpha value is -0.730. The largest absolute Gasteiger partial charge is 0.460 e. The van der Waals surface area contributed by atoms with Gasteiger partial charge in [0, 0.05) is 5.92 Å². The highest BCUT2D eigenvalue weighted by Gasteiger charge is 2.42. The van der Waals surface area contributed by atoms with E-state index < -0.39 is 10.8 Å². The number of halogens is 2. The van der Waals surface area contributed by atoms with E-state index in [1.807, 2.05) is 6.07 Å². The van der Waals surface area contributed by atoms with Gasteiger partial charge < -0.3 is 4.74 Å². The van der Waals surface area contributed by atoms with Crippen LogP contribution in [0, 0.1) is 11.8 Å². The van der Waals surface area contributed by atoms with Crippen molar-refractivity contribution in [3.05, 3.63) is 35.9 Å². The van der Waals surface area contributed by atoms with E-state index >= 15 is 0 Å². The van der Waals surface area contributed by atoms with Gasteiger partial charge in [-0.15, -0.1) is 0 Å². The molecular weight excluding hydrogens is 319 g/mol. The molecule has 0 saturated heterocycles. The molecule has 1 fully saturated rings. The van der Waals surface area contributed by atoms with Crippen LogP contribution in [0.25, 0.3) is 0 Å². The van der Waals surface area contributed by atoms with Gasteiger partial charge in [-0.1, -0.05) is 80.7 Å². The fraction of sp³-hybridized carbons (Fsp3) is 0.611. The Morgan fingerprint density at radius 2 is 1.86 bits per heavy atom. The Bertz CT molecular complexity index is 499. The first-order valence-corrected chi connectivity index (χ1v) is 8.73. The summed E-state index contributed by atoms with van der Waals surface area (Å²) in [5.74, 6) is 0.281. The number of carbonyl (C=O) groups excluding carboxylic acids is 1. The number of hydrogen-bond acceptors (Lipinski definition) is 2. The van der Waals surface area contributed by atoms with Crippen LogP contribution in [0.3, 0.4) is 0 Å². The molecule has 2 rings (SSSR count). The number of benzene rings is 1. The highest BCUT2D eigenvalue weighted by atomic mass is 35.5. The minimum absolute atomic E-state index is 0.0690. The lowest BCUT2D eigenvalue weighted by atomic mass is 9.64. The van der Waals surface area contributed by atoms with Crippen LogP contribution in [0.5, 0.6) is 0 Å². The Labute approximate surface area is 143 Å². The second-order valence-electron chi connectivity index (χ2n) is 6.89. The smallest absolute Gasteiger partial charge is 0.339 e. The molecule has 0 aliphatic heterocycles. The molecule has 0 unspecified atom stereocenters. The number of rotatable bonds is 4. The molecule has 3 atom stereocenters. The first kappa shape index (κ1) is 17.6. The van der Waals surface area contributed by atoms with Crippen LogP contribution in [-0.2, 0) is 14.9 Å². The van der Waals surface area contributed by atoms with Crippen molar-refractivity contribution in [1.29, 1.82) is 0 Å². The number of esters is 1. The van der Waals surface area contributed by atoms with Crippen molar-refractivity contribution in [3.8, 4) is 0 Å². The Morgan fingerprint density at radius 1 is 1.23 bits per heavy atom. The zero-order valence-electron chi connectivity index (χ0n) is 13.4. The highest BCUT2D eigenvalue weighted by molar-refractivity contribution is 6.52. The summed E-state index contributed by atoms with van der Waals surface area (Å²) in [4.78, 5) is 10.7. The SMILES string of the molecule is C[C@@H]1CC[C@@H](C(C)(C)c2ccccc2)[C@H](OC(=O)C(Cl)Cl)C1. The molecular formula is C18H24Cl2O2. The zero-order valence-corrected chi connectivity index (χ0v) is 14.9. The van der Waals surface area contributed by atoms with Crippen molar-refractivity contribution in [2.45, 2.75) is 56.4 Å². The van der Waals surface area contributed by atoms with Gasteiger partial charge in [-0.3, -0.25) is 0 Å². The number of carbonyl (C=O) groups is 1. The van der Waals surface area contributed by atoms with Crippen molar-refractivity contribution < 1.29 is 9.53 Å². The molecule has 0 aromatic heterocycles. The molecule has 2 nitrogen and oxygen atoms in total. The van der Waals surface area contributed by atoms with E-state index in [4.69, 9.17) is 27.9 Å². The van der Waals surface area contributed by atoms with E-state index in [2.05, 4.69) is 45.0 Å².